The molecule has 1 unspecified atom stereocenters. The summed E-state index contributed by atoms with van der Waals surface area (Å²) in [7, 11) is 4.01. The number of aromatic nitrogens is 1. The number of anilines is 1. The predicted molar refractivity (Wildman–Crippen MR) is 119 cm³/mol. The third-order valence-electron chi connectivity index (χ3n) is 5.06. The topological polar surface area (TPSA) is 53.0 Å². The van der Waals surface area contributed by atoms with Crippen molar-refractivity contribution >= 4 is 11.8 Å². The summed E-state index contributed by atoms with van der Waals surface area (Å²) in [5.41, 5.74) is 2.40. The Kier molecular flexibility index (Phi) is 7.87. The van der Waals surface area contributed by atoms with Crippen molar-refractivity contribution in [1.82, 2.24) is 15.2 Å². The summed E-state index contributed by atoms with van der Waals surface area (Å²) in [6.45, 7) is 7.11. The molecule has 6 nitrogen and oxygen atoms in total. The fourth-order valence-electron chi connectivity index (χ4n) is 3.47. The van der Waals surface area contributed by atoms with Crippen LogP contribution in [-0.2, 0) is 17.9 Å². The largest absolute Gasteiger partial charge is 0.376 e. The molecular weight excluding hydrogens is 362 g/mol. The second kappa shape index (κ2) is 10.8. The standard InChI is InChI=1S/C23H33N5O/c1-4-24-23(26-15-20-10-12-25-22(14-20)27(2)3)28-13-11-21(16-28)18-29-17-19-8-6-5-7-9-19/h5-10,12,14,21H,4,11,13,15-18H2,1-3H3,(H,24,26). The first-order valence-electron chi connectivity index (χ1n) is 10.4. The lowest BCUT2D eigenvalue weighted by molar-refractivity contribution is 0.0906. The molecule has 3 rings (SSSR count). The van der Waals surface area contributed by atoms with Crippen LogP contribution >= 0.6 is 0 Å². The average Bonchev–Trinajstić information content (AvgIpc) is 3.21. The van der Waals surface area contributed by atoms with Gasteiger partial charge in [-0.15, -0.1) is 0 Å². The van der Waals surface area contributed by atoms with Crippen LogP contribution in [-0.4, -0.2) is 56.2 Å². The molecule has 0 radical (unpaired) electrons. The minimum Gasteiger partial charge on any atom is -0.376 e. The highest BCUT2D eigenvalue weighted by Gasteiger charge is 2.25. The molecule has 6 heteroatoms. The Labute approximate surface area is 174 Å². The van der Waals surface area contributed by atoms with E-state index < -0.39 is 0 Å². The van der Waals surface area contributed by atoms with Gasteiger partial charge in [0.2, 0.25) is 0 Å². The van der Waals surface area contributed by atoms with Gasteiger partial charge in [-0.25, -0.2) is 9.98 Å². The first-order chi connectivity index (χ1) is 14.2. The number of hydrogen-bond acceptors (Lipinski definition) is 4. The van der Waals surface area contributed by atoms with Crippen LogP contribution in [0.2, 0.25) is 0 Å². The van der Waals surface area contributed by atoms with Crippen LogP contribution in [0, 0.1) is 5.92 Å². The van der Waals surface area contributed by atoms with E-state index in [0.717, 1.165) is 44.4 Å². The van der Waals surface area contributed by atoms with Crippen LogP contribution in [0.3, 0.4) is 0 Å². The van der Waals surface area contributed by atoms with Crippen LogP contribution < -0.4 is 10.2 Å². The molecule has 1 saturated heterocycles. The van der Waals surface area contributed by atoms with Crippen LogP contribution in [0.1, 0.15) is 24.5 Å². The molecule has 156 valence electrons. The second-order valence-electron chi connectivity index (χ2n) is 7.69. The molecule has 1 atom stereocenters. The van der Waals surface area contributed by atoms with E-state index in [-0.39, 0.29) is 0 Å². The lowest BCUT2D eigenvalue weighted by Gasteiger charge is -2.22. The Balaban J connectivity index is 1.52. The molecule has 1 fully saturated rings. The van der Waals surface area contributed by atoms with E-state index in [1.807, 2.05) is 37.3 Å². The van der Waals surface area contributed by atoms with E-state index >= 15 is 0 Å². The number of nitrogens with zero attached hydrogens (tertiary/aromatic N) is 4. The van der Waals surface area contributed by atoms with E-state index in [2.05, 4.69) is 52.5 Å². The van der Waals surface area contributed by atoms with Crippen molar-refractivity contribution in [3.63, 3.8) is 0 Å². The highest BCUT2D eigenvalue weighted by Crippen LogP contribution is 2.18. The Hall–Kier alpha value is -2.60. The number of pyridine rings is 1. The number of nitrogens with one attached hydrogen (secondary N) is 1. The second-order valence-corrected chi connectivity index (χ2v) is 7.69. The van der Waals surface area contributed by atoms with E-state index in [0.29, 0.717) is 19.1 Å². The van der Waals surface area contributed by atoms with Gasteiger partial charge in [0.05, 0.1) is 19.8 Å². The minimum atomic E-state index is 0.545. The summed E-state index contributed by atoms with van der Waals surface area (Å²) in [5.74, 6) is 2.49. The highest BCUT2D eigenvalue weighted by molar-refractivity contribution is 5.80. The maximum absolute atomic E-state index is 5.96. The van der Waals surface area contributed by atoms with Crippen LogP contribution in [0.5, 0.6) is 0 Å². The van der Waals surface area contributed by atoms with Gasteiger partial charge in [-0.3, -0.25) is 0 Å². The Morgan fingerprint density at radius 2 is 2.07 bits per heavy atom. The van der Waals surface area contributed by atoms with Crippen LogP contribution in [0.15, 0.2) is 53.7 Å². The van der Waals surface area contributed by atoms with Gasteiger partial charge >= 0.3 is 0 Å². The molecule has 29 heavy (non-hydrogen) atoms. The maximum atomic E-state index is 5.96. The third kappa shape index (κ3) is 6.46. The number of guanidine groups is 1. The van der Waals surface area contributed by atoms with Gasteiger partial charge < -0.3 is 19.9 Å². The number of rotatable bonds is 8. The van der Waals surface area contributed by atoms with E-state index in [9.17, 15) is 0 Å². The first-order valence-corrected chi connectivity index (χ1v) is 10.4. The lowest BCUT2D eigenvalue weighted by atomic mass is 10.1. The summed E-state index contributed by atoms with van der Waals surface area (Å²) >= 11 is 0. The van der Waals surface area contributed by atoms with Crippen molar-refractivity contribution in [2.45, 2.75) is 26.5 Å². The van der Waals surface area contributed by atoms with Crippen LogP contribution in [0.4, 0.5) is 5.82 Å². The number of hydrogen-bond donors (Lipinski definition) is 1. The zero-order valence-electron chi connectivity index (χ0n) is 17.8. The molecule has 0 bridgehead atoms. The summed E-state index contributed by atoms with van der Waals surface area (Å²) in [5, 5.41) is 3.44. The van der Waals surface area contributed by atoms with Crippen LogP contribution in [0.25, 0.3) is 0 Å². The number of likely N-dealkylation sites (tertiary alicyclic amines) is 1. The van der Waals surface area contributed by atoms with Crippen molar-refractivity contribution < 1.29 is 4.74 Å². The molecule has 0 aliphatic carbocycles. The van der Waals surface area contributed by atoms with Gasteiger partial charge in [-0.2, -0.15) is 0 Å². The summed E-state index contributed by atoms with van der Waals surface area (Å²) in [6, 6.07) is 14.5. The molecule has 1 N–H and O–H groups in total. The SMILES string of the molecule is CCNC(=NCc1ccnc(N(C)C)c1)N1CCC(COCc2ccccc2)C1. The van der Waals surface area contributed by atoms with Crippen molar-refractivity contribution in [2.75, 3.05) is 45.2 Å². The number of aliphatic imine (C=N–C) groups is 1. The summed E-state index contributed by atoms with van der Waals surface area (Å²) < 4.78 is 5.96. The van der Waals surface area contributed by atoms with E-state index in [4.69, 9.17) is 9.73 Å². The Morgan fingerprint density at radius 3 is 2.83 bits per heavy atom. The Morgan fingerprint density at radius 1 is 1.24 bits per heavy atom. The summed E-state index contributed by atoms with van der Waals surface area (Å²) in [4.78, 5) is 13.6. The first kappa shape index (κ1) is 21.1. The van der Waals surface area contributed by atoms with E-state index in [1.54, 1.807) is 0 Å². The van der Waals surface area contributed by atoms with Gasteiger partial charge in [0.1, 0.15) is 5.82 Å². The zero-order valence-corrected chi connectivity index (χ0v) is 17.8. The third-order valence-corrected chi connectivity index (χ3v) is 5.06. The molecule has 0 spiro atoms. The van der Waals surface area contributed by atoms with E-state index in [1.165, 1.54) is 11.1 Å². The van der Waals surface area contributed by atoms with Crippen molar-refractivity contribution in [1.29, 1.82) is 0 Å². The van der Waals surface area contributed by atoms with Gasteiger partial charge in [-0.05, 0) is 36.6 Å². The number of benzene rings is 1. The van der Waals surface area contributed by atoms with Gasteiger partial charge in [0, 0.05) is 45.8 Å². The van der Waals surface area contributed by atoms with Crippen molar-refractivity contribution in [2.24, 2.45) is 10.9 Å². The van der Waals surface area contributed by atoms with Gasteiger partial charge in [-0.1, -0.05) is 30.3 Å². The predicted octanol–water partition coefficient (Wildman–Crippen LogP) is 3.15. The van der Waals surface area contributed by atoms with Gasteiger partial charge in [0.25, 0.3) is 0 Å². The molecule has 0 saturated carbocycles. The molecule has 1 aromatic heterocycles. The lowest BCUT2D eigenvalue weighted by Crippen LogP contribution is -2.40. The van der Waals surface area contributed by atoms with Gasteiger partial charge in [0.15, 0.2) is 5.96 Å². The van der Waals surface area contributed by atoms with Crippen molar-refractivity contribution in [3.05, 3.63) is 59.8 Å². The zero-order chi connectivity index (χ0) is 20.5. The monoisotopic (exact) mass is 395 g/mol. The average molecular weight is 396 g/mol. The molecule has 0 amide bonds. The quantitative estimate of drug-likeness (QED) is 0.550. The maximum Gasteiger partial charge on any atom is 0.194 e. The fraction of sp³-hybridized carbons (Fsp3) is 0.478. The molecular formula is C23H33N5O. The van der Waals surface area contributed by atoms with Crippen molar-refractivity contribution in [3.8, 4) is 0 Å². The minimum absolute atomic E-state index is 0.545. The number of ether oxygens (including phenoxy) is 1. The molecule has 1 aromatic carbocycles. The fourth-order valence-corrected chi connectivity index (χ4v) is 3.47. The molecule has 1 aliphatic rings. The molecule has 2 aromatic rings. The Bertz CT molecular complexity index is 778. The molecule has 2 heterocycles. The normalized spacial score (nSPS) is 16.9. The highest BCUT2D eigenvalue weighted by atomic mass is 16.5. The smallest absolute Gasteiger partial charge is 0.194 e. The molecule has 1 aliphatic heterocycles. The summed E-state index contributed by atoms with van der Waals surface area (Å²) in [6.07, 6.45) is 2.99.